The summed E-state index contributed by atoms with van der Waals surface area (Å²) in [5, 5.41) is 0. The molecule has 0 bridgehead atoms. The average Bonchev–Trinajstić information content (AvgIpc) is 3.39. The van der Waals surface area contributed by atoms with Gasteiger partial charge in [0.1, 0.15) is 13.2 Å². The molecule has 0 unspecified atom stereocenters. The minimum atomic E-state index is -0.845. The van der Waals surface area contributed by atoms with Gasteiger partial charge in [-0.3, -0.25) is 14.4 Å². The summed E-state index contributed by atoms with van der Waals surface area (Å²) in [5.41, 5.74) is 0. The number of ether oxygens (including phenoxy) is 3. The van der Waals surface area contributed by atoms with Crippen LogP contribution in [0.15, 0.2) is 170 Å². The normalized spacial score (nSPS) is 13.4. The first-order valence-corrected chi connectivity index (χ1v) is 28.6. The van der Waals surface area contributed by atoms with E-state index in [0.717, 1.165) is 135 Å². The van der Waals surface area contributed by atoms with Crippen LogP contribution in [0.2, 0.25) is 0 Å². The number of unbranched alkanes of at least 4 members (excludes halogenated alkanes) is 10. The summed E-state index contributed by atoms with van der Waals surface area (Å²) >= 11 is 0. The molecule has 73 heavy (non-hydrogen) atoms. The summed E-state index contributed by atoms with van der Waals surface area (Å²) in [7, 11) is 0. The van der Waals surface area contributed by atoms with Crippen LogP contribution in [0.25, 0.3) is 0 Å². The second-order valence-corrected chi connectivity index (χ2v) is 18.1. The molecule has 0 rings (SSSR count). The zero-order chi connectivity index (χ0) is 52.9. The molecule has 6 heteroatoms. The molecular formula is C67H102O6. The second kappa shape index (κ2) is 59.3. The van der Waals surface area contributed by atoms with Crippen molar-refractivity contribution in [3.8, 4) is 0 Å². The van der Waals surface area contributed by atoms with Gasteiger partial charge in [0.05, 0.1) is 0 Å². The van der Waals surface area contributed by atoms with Crippen LogP contribution in [0.3, 0.4) is 0 Å². The standard InChI is InChI=1S/C67H102O6/c1-4-7-10-13-16-19-22-25-28-31-33-36-38-41-44-47-50-53-56-59-65(68)71-62-64(73-67(70)61-58-55-52-49-46-43-40-35-30-27-24-21-18-15-12-9-6-3)63-72-66(69)60-57-54-51-48-45-42-39-37-34-32-29-26-23-20-17-14-11-8-5-2/h7,9-10,12,16-21,25-30,33-34,36-37,40-45,51,54,64H,4-6,8,11,13-15,22-24,31-32,35,38-39,46-50,52-53,55-63H2,1-3H3/b10-7-,12-9-,19-16-,20-17-,21-18-,28-25-,29-26-,30-27-,36-33-,37-34-,43-40-,44-41-,45-42-,54-51-/t64-/m1/s1. The van der Waals surface area contributed by atoms with Gasteiger partial charge in [0, 0.05) is 19.3 Å². The molecule has 0 aromatic carbocycles. The Morgan fingerprint density at radius 3 is 0.918 bits per heavy atom. The maximum absolute atomic E-state index is 12.9. The van der Waals surface area contributed by atoms with Crippen molar-refractivity contribution < 1.29 is 28.6 Å². The van der Waals surface area contributed by atoms with E-state index in [4.69, 9.17) is 14.2 Å². The largest absolute Gasteiger partial charge is 0.462 e. The van der Waals surface area contributed by atoms with Crippen LogP contribution >= 0.6 is 0 Å². The Labute approximate surface area is 447 Å². The van der Waals surface area contributed by atoms with Crippen molar-refractivity contribution in [3.05, 3.63) is 170 Å². The Morgan fingerprint density at radius 1 is 0.288 bits per heavy atom. The Kier molecular flexibility index (Phi) is 55.1. The number of hydrogen-bond acceptors (Lipinski definition) is 6. The predicted molar refractivity (Wildman–Crippen MR) is 315 cm³/mol. The fourth-order valence-electron chi connectivity index (χ4n) is 6.97. The molecule has 0 amide bonds. The first kappa shape index (κ1) is 67.8. The molecule has 0 heterocycles. The Hall–Kier alpha value is -5.23. The molecule has 0 fully saturated rings. The van der Waals surface area contributed by atoms with Crippen molar-refractivity contribution in [1.82, 2.24) is 0 Å². The SMILES string of the molecule is CC/C=C\C/C=C\C/C=C\C/C=C\C/C=C\CCCCCC(=O)OC[C@H](COC(=O)CC/C=C\C/C=C\C/C=C\C/C=C\C/C=C\CCCCC)OC(=O)CCCCCC/C=C\C/C=C\C/C=C\C/C=C\CC. The van der Waals surface area contributed by atoms with Gasteiger partial charge in [0.15, 0.2) is 6.10 Å². The topological polar surface area (TPSA) is 78.9 Å². The first-order valence-electron chi connectivity index (χ1n) is 28.6. The van der Waals surface area contributed by atoms with Crippen molar-refractivity contribution >= 4 is 17.9 Å². The zero-order valence-corrected chi connectivity index (χ0v) is 46.3. The van der Waals surface area contributed by atoms with Crippen molar-refractivity contribution in [1.29, 1.82) is 0 Å². The maximum Gasteiger partial charge on any atom is 0.306 e. The van der Waals surface area contributed by atoms with Crippen LogP contribution < -0.4 is 0 Å². The maximum atomic E-state index is 12.9. The molecule has 0 saturated heterocycles. The van der Waals surface area contributed by atoms with Crippen molar-refractivity contribution in [2.24, 2.45) is 0 Å². The van der Waals surface area contributed by atoms with Gasteiger partial charge >= 0.3 is 17.9 Å². The number of hydrogen-bond donors (Lipinski definition) is 0. The third-order valence-electron chi connectivity index (χ3n) is 11.2. The highest BCUT2D eigenvalue weighted by molar-refractivity contribution is 5.71. The summed E-state index contributed by atoms with van der Waals surface area (Å²) in [5.74, 6) is -1.09. The van der Waals surface area contributed by atoms with Gasteiger partial charge in [0.2, 0.25) is 0 Å². The van der Waals surface area contributed by atoms with E-state index in [1.807, 2.05) is 12.2 Å². The number of carbonyl (C=O) groups excluding carboxylic acids is 3. The Morgan fingerprint density at radius 2 is 0.562 bits per heavy atom. The lowest BCUT2D eigenvalue weighted by Crippen LogP contribution is -2.30. The van der Waals surface area contributed by atoms with Crippen LogP contribution in [0.1, 0.15) is 213 Å². The van der Waals surface area contributed by atoms with Gasteiger partial charge in [-0.15, -0.1) is 0 Å². The minimum Gasteiger partial charge on any atom is -0.462 e. The molecule has 0 aliphatic rings. The summed E-state index contributed by atoms with van der Waals surface area (Å²) < 4.78 is 16.7. The van der Waals surface area contributed by atoms with Gasteiger partial charge in [-0.2, -0.15) is 0 Å². The molecular weight excluding hydrogens is 901 g/mol. The van der Waals surface area contributed by atoms with E-state index in [1.54, 1.807) is 0 Å². The molecule has 0 aliphatic heterocycles. The average molecular weight is 1000 g/mol. The molecule has 0 aromatic heterocycles. The van der Waals surface area contributed by atoms with E-state index in [2.05, 4.69) is 179 Å². The third kappa shape index (κ3) is 57.5. The molecule has 0 radical (unpaired) electrons. The van der Waals surface area contributed by atoms with Crippen LogP contribution in [0, 0.1) is 0 Å². The Balaban J connectivity index is 4.64. The predicted octanol–water partition coefficient (Wildman–Crippen LogP) is 19.5. The first-order chi connectivity index (χ1) is 36.0. The van der Waals surface area contributed by atoms with E-state index >= 15 is 0 Å². The summed E-state index contributed by atoms with van der Waals surface area (Å²) in [6.45, 7) is 6.25. The molecule has 0 spiro atoms. The number of rotatable bonds is 49. The minimum absolute atomic E-state index is 0.137. The molecule has 0 aliphatic carbocycles. The smallest absolute Gasteiger partial charge is 0.306 e. The molecule has 0 aromatic rings. The van der Waals surface area contributed by atoms with E-state index in [9.17, 15) is 14.4 Å². The number of esters is 3. The van der Waals surface area contributed by atoms with E-state index in [0.29, 0.717) is 19.3 Å². The van der Waals surface area contributed by atoms with Crippen molar-refractivity contribution in [2.45, 2.75) is 219 Å². The highest BCUT2D eigenvalue weighted by Gasteiger charge is 2.19. The van der Waals surface area contributed by atoms with Crippen LogP contribution in [0.4, 0.5) is 0 Å². The van der Waals surface area contributed by atoms with Gasteiger partial charge in [-0.05, 0) is 141 Å². The molecule has 1 atom stereocenters. The highest BCUT2D eigenvalue weighted by atomic mass is 16.6. The zero-order valence-electron chi connectivity index (χ0n) is 46.3. The van der Waals surface area contributed by atoms with Crippen LogP contribution in [-0.2, 0) is 28.6 Å². The molecule has 0 saturated carbocycles. The van der Waals surface area contributed by atoms with E-state index < -0.39 is 6.10 Å². The molecule has 6 nitrogen and oxygen atoms in total. The van der Waals surface area contributed by atoms with E-state index in [-0.39, 0.29) is 44.0 Å². The molecule has 406 valence electrons. The van der Waals surface area contributed by atoms with Gasteiger partial charge < -0.3 is 14.2 Å². The molecule has 0 N–H and O–H groups in total. The number of allylic oxidation sites excluding steroid dienone is 28. The van der Waals surface area contributed by atoms with Crippen LogP contribution in [-0.4, -0.2) is 37.2 Å². The summed E-state index contributed by atoms with van der Waals surface area (Å²) in [6, 6.07) is 0. The monoisotopic (exact) mass is 1000 g/mol. The van der Waals surface area contributed by atoms with Gasteiger partial charge in [-0.25, -0.2) is 0 Å². The highest BCUT2D eigenvalue weighted by Crippen LogP contribution is 2.11. The van der Waals surface area contributed by atoms with E-state index in [1.165, 1.54) is 25.7 Å². The lowest BCUT2D eigenvalue weighted by atomic mass is 10.1. The quantitative estimate of drug-likeness (QED) is 0.0261. The van der Waals surface area contributed by atoms with Crippen LogP contribution in [0.5, 0.6) is 0 Å². The van der Waals surface area contributed by atoms with Gasteiger partial charge in [-0.1, -0.05) is 223 Å². The van der Waals surface area contributed by atoms with Crippen molar-refractivity contribution in [3.63, 3.8) is 0 Å². The number of carbonyl (C=O) groups is 3. The summed E-state index contributed by atoms with van der Waals surface area (Å²) in [6.07, 6.45) is 87.8. The fourth-order valence-corrected chi connectivity index (χ4v) is 6.97. The lowest BCUT2D eigenvalue weighted by molar-refractivity contribution is -0.166. The Bertz CT molecular complexity index is 1720. The third-order valence-corrected chi connectivity index (χ3v) is 11.2. The van der Waals surface area contributed by atoms with Gasteiger partial charge in [0.25, 0.3) is 0 Å². The van der Waals surface area contributed by atoms with Crippen molar-refractivity contribution in [2.75, 3.05) is 13.2 Å². The lowest BCUT2D eigenvalue weighted by Gasteiger charge is -2.18. The second-order valence-electron chi connectivity index (χ2n) is 18.1. The summed E-state index contributed by atoms with van der Waals surface area (Å²) in [4.78, 5) is 38.2. The fraction of sp³-hybridized carbons (Fsp3) is 0.537.